The maximum atomic E-state index is 10.4. The molecule has 0 aromatic heterocycles. The number of nitrogens with zero attached hydrogens (tertiary/aromatic N) is 4. The lowest BCUT2D eigenvalue weighted by Gasteiger charge is -2.31. The first-order valence-electron chi connectivity index (χ1n) is 4.53. The summed E-state index contributed by atoms with van der Waals surface area (Å²) in [6.45, 7) is 1.96. The minimum Gasteiger partial charge on any atom is -0.258 e. The predicted octanol–water partition coefficient (Wildman–Crippen LogP) is 0.745. The van der Waals surface area contributed by atoms with Crippen LogP contribution < -0.4 is 0 Å². The zero-order valence-electron chi connectivity index (χ0n) is 7.30. The van der Waals surface area contributed by atoms with E-state index in [2.05, 4.69) is 10.6 Å². The molecule has 6 nitrogen and oxygen atoms in total. The fourth-order valence-electron chi connectivity index (χ4n) is 2.30. The molecule has 72 valence electrons. The number of piperidine rings is 1. The van der Waals surface area contributed by atoms with Gasteiger partial charge in [0.2, 0.25) is 0 Å². The average Bonchev–Trinajstić information content (AvgIpc) is 2.59. The van der Waals surface area contributed by atoms with Crippen molar-refractivity contribution in [3.05, 3.63) is 9.81 Å². The van der Waals surface area contributed by atoms with Gasteiger partial charge < -0.3 is 0 Å². The molecule has 0 aromatic rings. The molecule has 13 heavy (non-hydrogen) atoms. The summed E-state index contributed by atoms with van der Waals surface area (Å²) in [6.07, 6.45) is 2.06. The van der Waals surface area contributed by atoms with Crippen molar-refractivity contribution in [2.45, 2.75) is 18.9 Å². The molecular weight excluding hydrogens is 172 g/mol. The molecule has 2 aliphatic rings. The second-order valence-corrected chi connectivity index (χ2v) is 3.67. The van der Waals surface area contributed by atoms with Crippen molar-refractivity contribution in [2.75, 3.05) is 19.6 Å². The van der Waals surface area contributed by atoms with Crippen LogP contribution in [0, 0.1) is 15.7 Å². The molecule has 2 fully saturated rings. The van der Waals surface area contributed by atoms with E-state index in [1.54, 1.807) is 5.01 Å². The van der Waals surface area contributed by atoms with Crippen molar-refractivity contribution < 1.29 is 0 Å². The third kappa shape index (κ3) is 1.36. The Morgan fingerprint density at radius 3 is 2.69 bits per heavy atom. The largest absolute Gasteiger partial charge is 0.258 e. The molecule has 0 amide bonds. The summed E-state index contributed by atoms with van der Waals surface area (Å²) >= 11 is 0. The molecule has 2 heterocycles. The summed E-state index contributed by atoms with van der Waals surface area (Å²) in [4.78, 5) is 20.7. The smallest absolute Gasteiger partial charge is 0.0741 e. The van der Waals surface area contributed by atoms with Gasteiger partial charge in [0, 0.05) is 19.0 Å². The summed E-state index contributed by atoms with van der Waals surface area (Å²) in [5, 5.41) is 8.91. The fourth-order valence-corrected chi connectivity index (χ4v) is 2.30. The van der Waals surface area contributed by atoms with Crippen LogP contribution in [0.5, 0.6) is 0 Å². The fraction of sp³-hybridized carbons (Fsp3) is 1.00. The summed E-state index contributed by atoms with van der Waals surface area (Å²) in [5.74, 6) is 0.393. The van der Waals surface area contributed by atoms with Gasteiger partial charge in [-0.2, -0.15) is 0 Å². The summed E-state index contributed by atoms with van der Waals surface area (Å²) in [5.41, 5.74) is 0. The second-order valence-electron chi connectivity index (χ2n) is 3.67. The third-order valence-corrected chi connectivity index (χ3v) is 2.95. The van der Waals surface area contributed by atoms with Gasteiger partial charge >= 0.3 is 0 Å². The number of hydrogen-bond donors (Lipinski definition) is 0. The summed E-state index contributed by atoms with van der Waals surface area (Å²) in [7, 11) is 0. The van der Waals surface area contributed by atoms with Gasteiger partial charge in [0.1, 0.15) is 0 Å². The molecule has 0 aromatic carbocycles. The van der Waals surface area contributed by atoms with Crippen LogP contribution in [0.3, 0.4) is 0 Å². The molecule has 2 unspecified atom stereocenters. The lowest BCUT2D eigenvalue weighted by molar-refractivity contribution is 0.126. The van der Waals surface area contributed by atoms with Gasteiger partial charge in [0.25, 0.3) is 0 Å². The molecule has 2 rings (SSSR count). The Balaban J connectivity index is 2.07. The van der Waals surface area contributed by atoms with Gasteiger partial charge in [-0.1, -0.05) is 0 Å². The molecule has 0 saturated carbocycles. The predicted molar refractivity (Wildman–Crippen MR) is 46.4 cm³/mol. The van der Waals surface area contributed by atoms with Crippen LogP contribution in [0.2, 0.25) is 0 Å². The minimum absolute atomic E-state index is 0.115. The highest BCUT2D eigenvalue weighted by atomic mass is 16.3. The van der Waals surface area contributed by atoms with E-state index in [1.807, 2.05) is 0 Å². The molecule has 0 aliphatic carbocycles. The van der Waals surface area contributed by atoms with Crippen LogP contribution in [0.15, 0.2) is 10.6 Å². The molecule has 0 spiro atoms. The number of hydrogen-bond acceptors (Lipinski definition) is 4. The Hall–Kier alpha value is -1.20. The van der Waals surface area contributed by atoms with Crippen molar-refractivity contribution in [3.8, 4) is 0 Å². The van der Waals surface area contributed by atoms with Crippen LogP contribution in [-0.2, 0) is 0 Å². The quantitative estimate of drug-likeness (QED) is 0.594. The molecule has 0 radical (unpaired) electrons. The van der Waals surface area contributed by atoms with Crippen LogP contribution >= 0.6 is 0 Å². The van der Waals surface area contributed by atoms with Gasteiger partial charge in [0.15, 0.2) is 0 Å². The van der Waals surface area contributed by atoms with Gasteiger partial charge in [0.05, 0.1) is 23.2 Å². The Morgan fingerprint density at radius 1 is 1.15 bits per heavy atom. The van der Waals surface area contributed by atoms with Crippen LogP contribution in [-0.4, -0.2) is 35.7 Å². The maximum Gasteiger partial charge on any atom is 0.0741 e. The van der Waals surface area contributed by atoms with Crippen molar-refractivity contribution in [1.82, 2.24) is 10.0 Å². The molecular formula is C7H12N4O2. The van der Waals surface area contributed by atoms with Crippen molar-refractivity contribution >= 4 is 0 Å². The van der Waals surface area contributed by atoms with Crippen molar-refractivity contribution in [2.24, 2.45) is 16.5 Å². The normalized spacial score (nSPS) is 32.9. The Kier molecular flexibility index (Phi) is 2.12. The molecule has 0 N–H and O–H groups in total. The first kappa shape index (κ1) is 8.40. The topological polar surface area (TPSA) is 65.3 Å². The van der Waals surface area contributed by atoms with Gasteiger partial charge in [-0.25, -0.2) is 0 Å². The van der Waals surface area contributed by atoms with Crippen molar-refractivity contribution in [3.63, 3.8) is 0 Å². The number of rotatable bonds is 2. The Labute approximate surface area is 75.8 Å². The SMILES string of the molecule is O=NN1CC2CCCN(N=O)C2C1. The zero-order chi connectivity index (χ0) is 9.26. The first-order chi connectivity index (χ1) is 6.35. The maximum absolute atomic E-state index is 10.4. The van der Waals surface area contributed by atoms with Gasteiger partial charge in [-0.3, -0.25) is 10.0 Å². The van der Waals surface area contributed by atoms with E-state index in [4.69, 9.17) is 0 Å². The van der Waals surface area contributed by atoms with E-state index in [1.165, 1.54) is 5.01 Å². The number of fused-ring (bicyclic) bond motifs is 1. The highest BCUT2D eigenvalue weighted by Crippen LogP contribution is 2.30. The highest BCUT2D eigenvalue weighted by Gasteiger charge is 2.39. The first-order valence-corrected chi connectivity index (χ1v) is 4.53. The van der Waals surface area contributed by atoms with E-state index in [-0.39, 0.29) is 6.04 Å². The highest BCUT2D eigenvalue weighted by molar-refractivity contribution is 4.91. The lowest BCUT2D eigenvalue weighted by atomic mass is 9.93. The molecule has 2 atom stereocenters. The Bertz CT molecular complexity index is 223. The Morgan fingerprint density at radius 2 is 2.00 bits per heavy atom. The number of nitroso groups, excluding NO2 is 2. The van der Waals surface area contributed by atoms with E-state index >= 15 is 0 Å². The standard InChI is InChI=1S/C7H12N4O2/c12-8-10-4-6-2-1-3-11(9-13)7(6)5-10/h6-7H,1-5H2. The third-order valence-electron chi connectivity index (χ3n) is 2.95. The monoisotopic (exact) mass is 184 g/mol. The molecule has 2 aliphatic heterocycles. The molecule has 6 heteroatoms. The van der Waals surface area contributed by atoms with Gasteiger partial charge in [-0.05, 0) is 12.8 Å². The van der Waals surface area contributed by atoms with E-state index in [0.717, 1.165) is 19.4 Å². The zero-order valence-corrected chi connectivity index (χ0v) is 7.30. The average molecular weight is 184 g/mol. The minimum atomic E-state index is 0.115. The molecule has 2 saturated heterocycles. The van der Waals surface area contributed by atoms with Crippen LogP contribution in [0.4, 0.5) is 0 Å². The summed E-state index contributed by atoms with van der Waals surface area (Å²) < 4.78 is 0. The van der Waals surface area contributed by atoms with E-state index < -0.39 is 0 Å². The summed E-state index contributed by atoms with van der Waals surface area (Å²) in [6, 6.07) is 0.115. The second kappa shape index (κ2) is 3.27. The van der Waals surface area contributed by atoms with Crippen LogP contribution in [0.1, 0.15) is 12.8 Å². The van der Waals surface area contributed by atoms with E-state index in [0.29, 0.717) is 19.0 Å². The van der Waals surface area contributed by atoms with Crippen molar-refractivity contribution in [1.29, 1.82) is 0 Å². The lowest BCUT2D eigenvalue weighted by Crippen LogP contribution is -2.41. The van der Waals surface area contributed by atoms with Crippen LogP contribution in [0.25, 0.3) is 0 Å². The molecule has 0 bridgehead atoms. The van der Waals surface area contributed by atoms with Gasteiger partial charge in [-0.15, -0.1) is 9.81 Å². The van der Waals surface area contributed by atoms with E-state index in [9.17, 15) is 9.81 Å².